The zero-order chi connectivity index (χ0) is 9.90. The molecular formula is C9H17IN2O. The van der Waals surface area contributed by atoms with Crippen molar-refractivity contribution in [2.45, 2.75) is 18.9 Å². The molecular weight excluding hydrogens is 279 g/mol. The van der Waals surface area contributed by atoms with Crippen LogP contribution in [0.15, 0.2) is 9.84 Å². The SMILES string of the molecule is C/C=C(/I)OC1(CN)CCN(C)C1. The first-order valence-electron chi connectivity index (χ1n) is 4.51. The van der Waals surface area contributed by atoms with E-state index in [9.17, 15) is 0 Å². The van der Waals surface area contributed by atoms with E-state index in [1.807, 2.05) is 13.0 Å². The zero-order valence-corrected chi connectivity index (χ0v) is 10.4. The number of halogens is 1. The molecule has 1 rings (SSSR count). The monoisotopic (exact) mass is 296 g/mol. The minimum Gasteiger partial charge on any atom is -0.479 e. The van der Waals surface area contributed by atoms with Crippen LogP contribution in [0.4, 0.5) is 0 Å². The highest BCUT2D eigenvalue weighted by atomic mass is 127. The Kier molecular flexibility index (Phi) is 4.00. The van der Waals surface area contributed by atoms with Gasteiger partial charge >= 0.3 is 0 Å². The van der Waals surface area contributed by atoms with E-state index in [0.717, 1.165) is 23.3 Å². The van der Waals surface area contributed by atoms with Crippen LogP contribution in [0.3, 0.4) is 0 Å². The standard InChI is InChI=1S/C9H17IN2O/c1-3-8(10)13-9(6-11)4-5-12(2)7-9/h3H,4-7,11H2,1-2H3/b8-3-. The number of nitrogens with two attached hydrogens (primary N) is 1. The number of rotatable bonds is 3. The molecule has 3 nitrogen and oxygen atoms in total. The van der Waals surface area contributed by atoms with Crippen LogP contribution in [0, 0.1) is 0 Å². The highest BCUT2D eigenvalue weighted by Crippen LogP contribution is 2.28. The lowest BCUT2D eigenvalue weighted by molar-refractivity contribution is 0.0373. The Labute approximate surface area is 93.4 Å². The maximum absolute atomic E-state index is 5.85. The molecule has 0 aromatic rings. The second-order valence-corrected chi connectivity index (χ2v) is 4.63. The number of ether oxygens (including phenoxy) is 1. The van der Waals surface area contributed by atoms with Crippen molar-refractivity contribution in [2.75, 3.05) is 26.7 Å². The Morgan fingerprint density at radius 2 is 2.46 bits per heavy atom. The van der Waals surface area contributed by atoms with E-state index < -0.39 is 0 Å². The number of nitrogens with zero attached hydrogens (tertiary/aromatic N) is 1. The molecule has 1 unspecified atom stereocenters. The molecule has 0 spiro atoms. The van der Waals surface area contributed by atoms with Crippen molar-refractivity contribution in [1.82, 2.24) is 4.90 Å². The van der Waals surface area contributed by atoms with Gasteiger partial charge in [0.2, 0.25) is 0 Å². The van der Waals surface area contributed by atoms with Crippen LogP contribution in [-0.2, 0) is 4.74 Å². The van der Waals surface area contributed by atoms with Gasteiger partial charge in [-0.05, 0) is 42.6 Å². The third kappa shape index (κ3) is 2.82. The third-order valence-corrected chi connectivity index (χ3v) is 3.26. The summed E-state index contributed by atoms with van der Waals surface area (Å²) in [6, 6.07) is 0. The van der Waals surface area contributed by atoms with Crippen molar-refractivity contribution in [2.24, 2.45) is 5.73 Å². The molecule has 1 saturated heterocycles. The zero-order valence-electron chi connectivity index (χ0n) is 8.22. The average Bonchev–Trinajstić information content (AvgIpc) is 2.48. The van der Waals surface area contributed by atoms with Gasteiger partial charge in [0.05, 0.1) is 0 Å². The van der Waals surface area contributed by atoms with E-state index in [0.29, 0.717) is 6.54 Å². The van der Waals surface area contributed by atoms with Crippen molar-refractivity contribution in [3.8, 4) is 0 Å². The molecule has 4 heteroatoms. The maximum atomic E-state index is 5.85. The van der Waals surface area contributed by atoms with Crippen molar-refractivity contribution in [1.29, 1.82) is 0 Å². The maximum Gasteiger partial charge on any atom is 0.153 e. The summed E-state index contributed by atoms with van der Waals surface area (Å²) in [6.45, 7) is 4.58. The molecule has 1 heterocycles. The lowest BCUT2D eigenvalue weighted by Crippen LogP contribution is -2.42. The molecule has 76 valence electrons. The number of likely N-dealkylation sites (tertiary alicyclic amines) is 1. The molecule has 1 atom stereocenters. The van der Waals surface area contributed by atoms with Gasteiger partial charge in [-0.25, -0.2) is 0 Å². The minimum atomic E-state index is -0.141. The molecule has 1 fully saturated rings. The predicted molar refractivity (Wildman–Crippen MR) is 62.8 cm³/mol. The van der Waals surface area contributed by atoms with Gasteiger partial charge in [0, 0.05) is 26.1 Å². The highest BCUT2D eigenvalue weighted by molar-refractivity contribution is 14.1. The molecule has 0 aliphatic carbocycles. The Morgan fingerprint density at radius 1 is 1.77 bits per heavy atom. The molecule has 0 aromatic heterocycles. The molecule has 0 amide bonds. The summed E-state index contributed by atoms with van der Waals surface area (Å²) in [5, 5.41) is 0. The lowest BCUT2D eigenvalue weighted by Gasteiger charge is -2.28. The summed E-state index contributed by atoms with van der Waals surface area (Å²) in [7, 11) is 2.10. The molecule has 1 aliphatic rings. The summed E-state index contributed by atoms with van der Waals surface area (Å²) in [4.78, 5) is 2.26. The van der Waals surface area contributed by atoms with Crippen LogP contribution in [0.25, 0.3) is 0 Å². The van der Waals surface area contributed by atoms with Crippen molar-refractivity contribution in [3.63, 3.8) is 0 Å². The molecule has 0 saturated carbocycles. The van der Waals surface area contributed by atoms with Crippen LogP contribution in [0.2, 0.25) is 0 Å². The highest BCUT2D eigenvalue weighted by Gasteiger charge is 2.37. The van der Waals surface area contributed by atoms with Gasteiger partial charge in [-0.15, -0.1) is 0 Å². The smallest absolute Gasteiger partial charge is 0.153 e. The molecule has 0 bridgehead atoms. The Balaban J connectivity index is 2.61. The van der Waals surface area contributed by atoms with Gasteiger partial charge in [-0.2, -0.15) is 0 Å². The van der Waals surface area contributed by atoms with Crippen LogP contribution in [0.5, 0.6) is 0 Å². The Hall–Kier alpha value is 0.190. The van der Waals surface area contributed by atoms with Gasteiger partial charge in [-0.3, -0.25) is 0 Å². The van der Waals surface area contributed by atoms with E-state index in [1.165, 1.54) is 0 Å². The Bertz CT molecular complexity index is 208. The fourth-order valence-electron chi connectivity index (χ4n) is 1.60. The number of hydrogen-bond donors (Lipinski definition) is 1. The van der Waals surface area contributed by atoms with Crippen LogP contribution in [-0.4, -0.2) is 37.2 Å². The fraction of sp³-hybridized carbons (Fsp3) is 0.778. The summed E-state index contributed by atoms with van der Waals surface area (Å²) < 4.78 is 6.79. The van der Waals surface area contributed by atoms with E-state index >= 15 is 0 Å². The van der Waals surface area contributed by atoms with Gasteiger partial charge in [0.1, 0.15) is 5.60 Å². The first-order valence-corrected chi connectivity index (χ1v) is 5.59. The summed E-state index contributed by atoms with van der Waals surface area (Å²) in [6.07, 6.45) is 3.00. The van der Waals surface area contributed by atoms with Gasteiger partial charge in [0.25, 0.3) is 0 Å². The minimum absolute atomic E-state index is 0.141. The first kappa shape index (κ1) is 11.3. The van der Waals surface area contributed by atoms with Crippen molar-refractivity contribution >= 4 is 22.6 Å². The number of likely N-dealkylation sites (N-methyl/N-ethyl adjacent to an activating group) is 1. The van der Waals surface area contributed by atoms with Crippen LogP contribution < -0.4 is 5.73 Å². The average molecular weight is 296 g/mol. The van der Waals surface area contributed by atoms with E-state index in [1.54, 1.807) is 0 Å². The second-order valence-electron chi connectivity index (χ2n) is 3.57. The van der Waals surface area contributed by atoms with Crippen LogP contribution in [0.1, 0.15) is 13.3 Å². The summed E-state index contributed by atoms with van der Waals surface area (Å²) in [5.41, 5.74) is 5.61. The fourth-order valence-corrected chi connectivity index (χ4v) is 2.07. The van der Waals surface area contributed by atoms with E-state index in [2.05, 4.69) is 34.5 Å². The van der Waals surface area contributed by atoms with Crippen LogP contribution >= 0.6 is 22.6 Å². The largest absolute Gasteiger partial charge is 0.479 e. The van der Waals surface area contributed by atoms with E-state index in [-0.39, 0.29) is 5.60 Å². The molecule has 0 radical (unpaired) electrons. The lowest BCUT2D eigenvalue weighted by atomic mass is 10.0. The molecule has 13 heavy (non-hydrogen) atoms. The summed E-state index contributed by atoms with van der Waals surface area (Å²) >= 11 is 2.20. The molecule has 2 N–H and O–H groups in total. The molecule has 1 aliphatic heterocycles. The summed E-state index contributed by atoms with van der Waals surface area (Å²) in [5.74, 6) is 0. The van der Waals surface area contributed by atoms with Gasteiger partial charge < -0.3 is 15.4 Å². The normalized spacial score (nSPS) is 30.9. The number of hydrogen-bond acceptors (Lipinski definition) is 3. The van der Waals surface area contributed by atoms with Crippen molar-refractivity contribution < 1.29 is 4.74 Å². The van der Waals surface area contributed by atoms with Gasteiger partial charge in [-0.1, -0.05) is 0 Å². The first-order chi connectivity index (χ1) is 6.12. The second kappa shape index (κ2) is 4.61. The van der Waals surface area contributed by atoms with Gasteiger partial charge in [0.15, 0.2) is 3.77 Å². The van der Waals surface area contributed by atoms with E-state index in [4.69, 9.17) is 10.5 Å². The van der Waals surface area contributed by atoms with Crippen molar-refractivity contribution in [3.05, 3.63) is 9.84 Å². The molecule has 0 aromatic carbocycles. The Morgan fingerprint density at radius 3 is 2.85 bits per heavy atom. The topological polar surface area (TPSA) is 38.5 Å². The predicted octanol–water partition coefficient (Wildman–Crippen LogP) is 1.33. The quantitative estimate of drug-likeness (QED) is 0.631. The third-order valence-electron chi connectivity index (χ3n) is 2.42. The number of allylic oxidation sites excluding steroid dienone is 1.